The van der Waals surface area contributed by atoms with E-state index in [4.69, 9.17) is 10.00 Å². The van der Waals surface area contributed by atoms with E-state index in [1.807, 2.05) is 0 Å². The molecule has 0 fully saturated rings. The number of benzene rings is 2. The molecule has 2 heterocycles. The van der Waals surface area contributed by atoms with Gasteiger partial charge in [0.05, 0.1) is 35.7 Å². The van der Waals surface area contributed by atoms with Crippen molar-refractivity contribution in [2.75, 3.05) is 25.6 Å². The van der Waals surface area contributed by atoms with Crippen LogP contribution in [0.25, 0.3) is 22.0 Å². The van der Waals surface area contributed by atoms with E-state index in [1.54, 1.807) is 54.6 Å². The van der Waals surface area contributed by atoms with E-state index >= 15 is 4.39 Å². The number of ether oxygens (including phenoxy) is 1. The maximum atomic E-state index is 15.1. The van der Waals surface area contributed by atoms with Gasteiger partial charge < -0.3 is 10.1 Å². The van der Waals surface area contributed by atoms with Crippen molar-refractivity contribution in [1.29, 1.82) is 5.26 Å². The monoisotopic (exact) mass is 457 g/mol. The van der Waals surface area contributed by atoms with E-state index in [9.17, 15) is 9.59 Å². The number of rotatable bonds is 8. The lowest BCUT2D eigenvalue weighted by atomic mass is 10.1. The number of pyridine rings is 1. The number of carbonyl (C=O) groups is 1. The second kappa shape index (κ2) is 10.0. The standard InChI is InChI=1S/C25H20FN5O3/c1-34-15-18(32)13-28-22-11-10-21(24(26)29-22)23-19-4-2-3-5-20(19)25(33)31(30-23)14-17-8-6-16(12-27)7-9-17/h2-11H,13-15H2,1H3,(H,28,29). The van der Waals surface area contributed by atoms with Gasteiger partial charge >= 0.3 is 0 Å². The molecule has 0 unspecified atom stereocenters. The SMILES string of the molecule is COCC(=O)CNc1ccc(-c2nn(Cc3ccc(C#N)cc3)c(=O)c3ccccc23)c(F)n1. The molecule has 4 aromatic rings. The summed E-state index contributed by atoms with van der Waals surface area (Å²) in [5, 5.41) is 17.1. The summed E-state index contributed by atoms with van der Waals surface area (Å²) in [6, 6.07) is 18.8. The largest absolute Gasteiger partial charge is 0.377 e. The molecule has 2 aromatic heterocycles. The van der Waals surface area contributed by atoms with Crippen LogP contribution in [0.1, 0.15) is 11.1 Å². The molecule has 0 amide bonds. The maximum Gasteiger partial charge on any atom is 0.274 e. The number of hydrogen-bond donors (Lipinski definition) is 1. The number of anilines is 1. The van der Waals surface area contributed by atoms with E-state index in [1.165, 1.54) is 17.9 Å². The van der Waals surface area contributed by atoms with Crippen molar-refractivity contribution >= 4 is 22.4 Å². The van der Waals surface area contributed by atoms with Crippen molar-refractivity contribution in [3.63, 3.8) is 0 Å². The summed E-state index contributed by atoms with van der Waals surface area (Å²) in [5.74, 6) is -0.789. The minimum atomic E-state index is -0.787. The number of carbonyl (C=O) groups excluding carboxylic acids is 1. The third kappa shape index (κ3) is 4.82. The summed E-state index contributed by atoms with van der Waals surface area (Å²) in [4.78, 5) is 28.6. The number of nitriles is 1. The molecule has 0 saturated heterocycles. The zero-order valence-corrected chi connectivity index (χ0v) is 18.3. The summed E-state index contributed by atoms with van der Waals surface area (Å²) >= 11 is 0. The van der Waals surface area contributed by atoms with Crippen molar-refractivity contribution in [2.45, 2.75) is 6.54 Å². The third-order valence-corrected chi connectivity index (χ3v) is 5.16. The van der Waals surface area contributed by atoms with Crippen LogP contribution in [0.3, 0.4) is 0 Å². The van der Waals surface area contributed by atoms with E-state index < -0.39 is 5.95 Å². The Morgan fingerprint density at radius 3 is 2.53 bits per heavy atom. The molecule has 9 heteroatoms. The molecule has 0 saturated carbocycles. The van der Waals surface area contributed by atoms with Crippen LogP contribution in [0.15, 0.2) is 65.5 Å². The lowest BCUT2D eigenvalue weighted by Gasteiger charge is -2.12. The Morgan fingerprint density at radius 2 is 1.85 bits per heavy atom. The molecule has 0 aliphatic rings. The van der Waals surface area contributed by atoms with Crippen molar-refractivity contribution in [2.24, 2.45) is 0 Å². The third-order valence-electron chi connectivity index (χ3n) is 5.16. The number of nitrogens with one attached hydrogen (secondary N) is 1. The molecule has 1 N–H and O–H groups in total. The first-order chi connectivity index (χ1) is 16.5. The first kappa shape index (κ1) is 22.8. The van der Waals surface area contributed by atoms with E-state index in [-0.39, 0.29) is 48.1 Å². The molecule has 0 radical (unpaired) electrons. The lowest BCUT2D eigenvalue weighted by molar-refractivity contribution is -0.120. The van der Waals surface area contributed by atoms with Gasteiger partial charge in [-0.3, -0.25) is 9.59 Å². The number of Topliss-reactive ketones (excluding diaryl/α,β-unsaturated/α-hetero) is 1. The Kier molecular flexibility index (Phi) is 6.71. The first-order valence-electron chi connectivity index (χ1n) is 10.4. The summed E-state index contributed by atoms with van der Waals surface area (Å²) in [7, 11) is 1.42. The highest BCUT2D eigenvalue weighted by Crippen LogP contribution is 2.27. The number of nitrogens with zero attached hydrogens (tertiary/aromatic N) is 4. The molecule has 0 atom stereocenters. The van der Waals surface area contributed by atoms with Crippen LogP contribution in [-0.2, 0) is 16.1 Å². The van der Waals surface area contributed by atoms with Gasteiger partial charge in [0.1, 0.15) is 18.1 Å². The fourth-order valence-electron chi connectivity index (χ4n) is 3.51. The highest BCUT2D eigenvalue weighted by atomic mass is 19.1. The maximum absolute atomic E-state index is 15.1. The summed E-state index contributed by atoms with van der Waals surface area (Å²) < 4.78 is 21.1. The normalized spacial score (nSPS) is 10.7. The highest BCUT2D eigenvalue weighted by Gasteiger charge is 2.17. The Morgan fingerprint density at radius 1 is 1.12 bits per heavy atom. The predicted molar refractivity (Wildman–Crippen MR) is 125 cm³/mol. The van der Waals surface area contributed by atoms with E-state index in [0.29, 0.717) is 16.3 Å². The molecule has 8 nitrogen and oxygen atoms in total. The second-order valence-electron chi connectivity index (χ2n) is 7.53. The average Bonchev–Trinajstić information content (AvgIpc) is 2.85. The molecular weight excluding hydrogens is 437 g/mol. The van der Waals surface area contributed by atoms with Gasteiger partial charge in [-0.1, -0.05) is 30.3 Å². The fourth-order valence-corrected chi connectivity index (χ4v) is 3.51. The first-order valence-corrected chi connectivity index (χ1v) is 10.4. The van der Waals surface area contributed by atoms with Crippen LogP contribution in [0.2, 0.25) is 0 Å². The van der Waals surface area contributed by atoms with Gasteiger partial charge in [0, 0.05) is 12.5 Å². The van der Waals surface area contributed by atoms with Gasteiger partial charge in [-0.15, -0.1) is 0 Å². The van der Waals surface area contributed by atoms with Crippen molar-refractivity contribution < 1.29 is 13.9 Å². The fraction of sp³-hybridized carbons (Fsp3) is 0.160. The number of aromatic nitrogens is 3. The second-order valence-corrected chi connectivity index (χ2v) is 7.53. The molecule has 4 rings (SSSR count). The van der Waals surface area contributed by atoms with Gasteiger partial charge in [0.25, 0.3) is 5.56 Å². The Labute approximate surface area is 194 Å². The summed E-state index contributed by atoms with van der Waals surface area (Å²) in [6.45, 7) is 0.0548. The highest BCUT2D eigenvalue weighted by molar-refractivity contribution is 5.93. The van der Waals surface area contributed by atoms with Crippen LogP contribution in [-0.4, -0.2) is 40.8 Å². The molecular formula is C25H20FN5O3. The quantitative estimate of drug-likeness (QED) is 0.405. The predicted octanol–water partition coefficient (Wildman–Crippen LogP) is 3.14. The van der Waals surface area contributed by atoms with Crippen LogP contribution >= 0.6 is 0 Å². The van der Waals surface area contributed by atoms with Gasteiger partial charge in [-0.25, -0.2) is 9.67 Å². The smallest absolute Gasteiger partial charge is 0.274 e. The number of fused-ring (bicyclic) bond motifs is 1. The van der Waals surface area contributed by atoms with Crippen molar-refractivity contribution in [3.8, 4) is 17.3 Å². The topological polar surface area (TPSA) is 110 Å². The molecule has 2 aromatic carbocycles. The van der Waals surface area contributed by atoms with Crippen LogP contribution in [0, 0.1) is 17.3 Å². The lowest BCUT2D eigenvalue weighted by Crippen LogP contribution is -2.24. The summed E-state index contributed by atoms with van der Waals surface area (Å²) in [5.41, 5.74) is 1.36. The van der Waals surface area contributed by atoms with Gasteiger partial charge in [-0.2, -0.15) is 14.8 Å². The zero-order valence-electron chi connectivity index (χ0n) is 18.3. The number of halogens is 1. The Hall–Kier alpha value is -4.42. The summed E-state index contributed by atoms with van der Waals surface area (Å²) in [6.07, 6.45) is 0. The van der Waals surface area contributed by atoms with Crippen molar-refractivity contribution in [1.82, 2.24) is 14.8 Å². The van der Waals surface area contributed by atoms with Gasteiger partial charge in [0.2, 0.25) is 5.95 Å². The molecule has 0 bridgehead atoms. The number of methoxy groups -OCH3 is 1. The molecule has 0 aliphatic heterocycles. The van der Waals surface area contributed by atoms with Crippen LogP contribution in [0.4, 0.5) is 10.2 Å². The minimum Gasteiger partial charge on any atom is -0.377 e. The van der Waals surface area contributed by atoms with Gasteiger partial charge in [-0.05, 0) is 35.9 Å². The number of ketones is 1. The minimum absolute atomic E-state index is 0.0454. The molecule has 170 valence electrons. The van der Waals surface area contributed by atoms with E-state index in [2.05, 4.69) is 21.5 Å². The zero-order chi connectivity index (χ0) is 24.1. The van der Waals surface area contributed by atoms with E-state index in [0.717, 1.165) is 5.56 Å². The van der Waals surface area contributed by atoms with Crippen LogP contribution < -0.4 is 10.9 Å². The average molecular weight is 457 g/mol. The Balaban J connectivity index is 1.73. The Bertz CT molecular complexity index is 1460. The van der Waals surface area contributed by atoms with Crippen LogP contribution in [0.5, 0.6) is 0 Å². The molecule has 34 heavy (non-hydrogen) atoms. The van der Waals surface area contributed by atoms with Gasteiger partial charge in [0.15, 0.2) is 5.78 Å². The molecule has 0 aliphatic carbocycles. The van der Waals surface area contributed by atoms with Crippen molar-refractivity contribution in [3.05, 3.63) is 88.1 Å². The molecule has 0 spiro atoms. The number of hydrogen-bond acceptors (Lipinski definition) is 7.